The molecule has 0 bridgehead atoms. The molecule has 0 aliphatic carbocycles. The lowest BCUT2D eigenvalue weighted by Crippen LogP contribution is -2.59. The van der Waals surface area contributed by atoms with Crippen molar-refractivity contribution in [3.05, 3.63) is 40.3 Å². The molecule has 0 spiro atoms. The SMILES string of the molecule is COC1C(N=[N+]=[N-])[C@@H](OC(C)=O)C(COC(C)=O)O[C@H]1Sc1ccc(C)cc1. The summed E-state index contributed by atoms with van der Waals surface area (Å²) in [5.74, 6) is -1.07. The molecule has 1 aromatic carbocycles. The molecule has 0 radical (unpaired) electrons. The Kier molecular flexibility index (Phi) is 8.13. The van der Waals surface area contributed by atoms with E-state index in [2.05, 4.69) is 10.0 Å². The van der Waals surface area contributed by atoms with Gasteiger partial charge in [0, 0.05) is 30.8 Å². The second kappa shape index (κ2) is 10.3. The second-order valence-electron chi connectivity index (χ2n) is 6.25. The Morgan fingerprint density at radius 2 is 1.89 bits per heavy atom. The van der Waals surface area contributed by atoms with Gasteiger partial charge in [0.25, 0.3) is 0 Å². The van der Waals surface area contributed by atoms with Crippen LogP contribution in [-0.4, -0.2) is 55.4 Å². The number of methoxy groups -OCH3 is 1. The molecule has 3 unspecified atom stereocenters. The summed E-state index contributed by atoms with van der Waals surface area (Å²) in [7, 11) is 1.47. The van der Waals surface area contributed by atoms with Crippen LogP contribution in [0, 0.1) is 6.92 Å². The predicted molar refractivity (Wildman–Crippen MR) is 102 cm³/mol. The molecule has 0 saturated carbocycles. The summed E-state index contributed by atoms with van der Waals surface area (Å²) < 4.78 is 22.0. The van der Waals surface area contributed by atoms with E-state index in [1.165, 1.54) is 32.7 Å². The lowest BCUT2D eigenvalue weighted by atomic mass is 9.97. The average Bonchev–Trinajstić information content (AvgIpc) is 2.64. The predicted octanol–water partition coefficient (Wildman–Crippen LogP) is 3.00. The van der Waals surface area contributed by atoms with E-state index in [9.17, 15) is 9.59 Å². The first-order valence-corrected chi connectivity index (χ1v) is 9.50. The Hall–Kier alpha value is -2.26. The maximum atomic E-state index is 11.6. The molecule has 9 nitrogen and oxygen atoms in total. The quantitative estimate of drug-likeness (QED) is 0.294. The van der Waals surface area contributed by atoms with Gasteiger partial charge in [-0.3, -0.25) is 9.59 Å². The zero-order valence-corrected chi connectivity index (χ0v) is 16.9. The van der Waals surface area contributed by atoms with E-state index in [1.54, 1.807) is 0 Å². The summed E-state index contributed by atoms with van der Waals surface area (Å²) in [4.78, 5) is 26.6. The first-order chi connectivity index (χ1) is 13.3. The molecule has 1 fully saturated rings. The van der Waals surface area contributed by atoms with E-state index >= 15 is 0 Å². The average molecular weight is 409 g/mol. The number of carbonyl (C=O) groups excluding carboxylic acids is 2. The van der Waals surface area contributed by atoms with Crippen molar-refractivity contribution in [1.82, 2.24) is 0 Å². The third-order valence-electron chi connectivity index (χ3n) is 4.10. The van der Waals surface area contributed by atoms with Crippen LogP contribution < -0.4 is 0 Å². The number of rotatable bonds is 7. The molecule has 0 aromatic heterocycles. The minimum Gasteiger partial charge on any atom is -0.463 e. The molecular weight excluding hydrogens is 386 g/mol. The lowest BCUT2D eigenvalue weighted by Gasteiger charge is -2.43. The minimum absolute atomic E-state index is 0.147. The summed E-state index contributed by atoms with van der Waals surface area (Å²) in [6, 6.07) is 6.97. The van der Waals surface area contributed by atoms with Crippen LogP contribution in [0.2, 0.25) is 0 Å². The number of ether oxygens (including phenoxy) is 4. The highest BCUT2D eigenvalue weighted by Crippen LogP contribution is 2.37. The van der Waals surface area contributed by atoms with Gasteiger partial charge >= 0.3 is 11.9 Å². The topological polar surface area (TPSA) is 120 Å². The number of hydrogen-bond donors (Lipinski definition) is 0. The number of esters is 2. The van der Waals surface area contributed by atoms with E-state index in [0.717, 1.165) is 10.5 Å². The molecule has 1 aliphatic rings. The largest absolute Gasteiger partial charge is 0.463 e. The van der Waals surface area contributed by atoms with Crippen molar-refractivity contribution in [3.63, 3.8) is 0 Å². The Labute approximate surface area is 167 Å². The van der Waals surface area contributed by atoms with Crippen LogP contribution in [0.4, 0.5) is 0 Å². The number of thioether (sulfide) groups is 1. The number of nitrogens with zero attached hydrogens (tertiary/aromatic N) is 3. The normalized spacial score (nSPS) is 26.8. The molecule has 2 rings (SSSR count). The highest BCUT2D eigenvalue weighted by molar-refractivity contribution is 7.99. The van der Waals surface area contributed by atoms with E-state index < -0.39 is 41.7 Å². The number of aryl methyl sites for hydroxylation is 1. The summed E-state index contributed by atoms with van der Waals surface area (Å²) >= 11 is 1.38. The van der Waals surface area contributed by atoms with Crippen LogP contribution in [0.5, 0.6) is 0 Å². The number of hydrogen-bond acceptors (Lipinski definition) is 8. The third kappa shape index (κ3) is 5.87. The van der Waals surface area contributed by atoms with Crippen LogP contribution in [0.1, 0.15) is 19.4 Å². The van der Waals surface area contributed by atoms with E-state index in [-0.39, 0.29) is 6.61 Å². The monoisotopic (exact) mass is 409 g/mol. The smallest absolute Gasteiger partial charge is 0.303 e. The van der Waals surface area contributed by atoms with Crippen LogP contribution in [0.25, 0.3) is 10.4 Å². The first-order valence-electron chi connectivity index (χ1n) is 8.62. The number of carbonyl (C=O) groups is 2. The van der Waals surface area contributed by atoms with Crippen LogP contribution in [0.15, 0.2) is 34.3 Å². The molecule has 28 heavy (non-hydrogen) atoms. The van der Waals surface area contributed by atoms with Gasteiger partial charge in [-0.2, -0.15) is 0 Å². The molecule has 1 aliphatic heterocycles. The number of benzene rings is 1. The van der Waals surface area contributed by atoms with Gasteiger partial charge in [-0.05, 0) is 24.6 Å². The highest BCUT2D eigenvalue weighted by atomic mass is 32.2. The molecule has 1 saturated heterocycles. The van der Waals surface area contributed by atoms with Gasteiger partial charge in [-0.15, -0.1) is 0 Å². The van der Waals surface area contributed by atoms with Crippen molar-refractivity contribution in [3.8, 4) is 0 Å². The van der Waals surface area contributed by atoms with Crippen molar-refractivity contribution in [2.24, 2.45) is 5.11 Å². The van der Waals surface area contributed by atoms with Gasteiger partial charge < -0.3 is 18.9 Å². The summed E-state index contributed by atoms with van der Waals surface area (Å²) in [6.07, 6.45) is -2.44. The maximum Gasteiger partial charge on any atom is 0.303 e. The zero-order chi connectivity index (χ0) is 20.7. The first kappa shape index (κ1) is 22.0. The number of azide groups is 1. The van der Waals surface area contributed by atoms with Crippen molar-refractivity contribution < 1.29 is 28.5 Å². The Bertz CT molecular complexity index is 737. The Morgan fingerprint density at radius 1 is 1.21 bits per heavy atom. The van der Waals surface area contributed by atoms with Crippen LogP contribution in [0.3, 0.4) is 0 Å². The van der Waals surface area contributed by atoms with E-state index in [1.807, 2.05) is 31.2 Å². The van der Waals surface area contributed by atoms with Crippen molar-refractivity contribution >= 4 is 23.7 Å². The molecule has 0 amide bonds. The summed E-state index contributed by atoms with van der Waals surface area (Å²) in [5.41, 5.74) is 9.57. The lowest BCUT2D eigenvalue weighted by molar-refractivity contribution is -0.196. The molecule has 10 heteroatoms. The van der Waals surface area contributed by atoms with Gasteiger partial charge in [0.2, 0.25) is 0 Å². The maximum absolute atomic E-state index is 11.6. The highest BCUT2D eigenvalue weighted by Gasteiger charge is 2.48. The molecule has 5 atom stereocenters. The van der Waals surface area contributed by atoms with Gasteiger partial charge in [0.15, 0.2) is 0 Å². The van der Waals surface area contributed by atoms with E-state index in [4.69, 9.17) is 24.5 Å². The van der Waals surface area contributed by atoms with Crippen molar-refractivity contribution in [2.45, 2.75) is 55.5 Å². The van der Waals surface area contributed by atoms with Crippen molar-refractivity contribution in [1.29, 1.82) is 0 Å². The van der Waals surface area contributed by atoms with Gasteiger partial charge in [-0.25, -0.2) is 0 Å². The second-order valence-corrected chi connectivity index (χ2v) is 7.42. The Balaban J connectivity index is 2.33. The third-order valence-corrected chi connectivity index (χ3v) is 5.26. The summed E-state index contributed by atoms with van der Waals surface area (Å²) in [5, 5.41) is 3.80. The van der Waals surface area contributed by atoms with Crippen LogP contribution in [-0.2, 0) is 28.5 Å². The fourth-order valence-corrected chi connectivity index (χ4v) is 4.02. The summed E-state index contributed by atoms with van der Waals surface area (Å²) in [6.45, 7) is 4.35. The van der Waals surface area contributed by atoms with Gasteiger partial charge in [-0.1, -0.05) is 34.6 Å². The standard InChI is InChI=1S/C18H23N3O6S/c1-10-5-7-13(8-6-10)28-18-17(24-4)15(20-21-19)16(26-12(3)23)14(27-18)9-25-11(2)22/h5-8,14-18H,9H2,1-4H3/t14?,15?,16-,17?,18-/m0/s1. The zero-order valence-electron chi connectivity index (χ0n) is 16.1. The molecule has 1 heterocycles. The molecule has 0 N–H and O–H groups in total. The fraction of sp³-hybridized carbons (Fsp3) is 0.556. The minimum atomic E-state index is -0.951. The molecule has 1 aromatic rings. The van der Waals surface area contributed by atoms with Crippen LogP contribution >= 0.6 is 11.8 Å². The molecule has 152 valence electrons. The Morgan fingerprint density at radius 3 is 2.43 bits per heavy atom. The fourth-order valence-electron chi connectivity index (χ4n) is 2.85. The van der Waals surface area contributed by atoms with Crippen molar-refractivity contribution in [2.75, 3.05) is 13.7 Å². The van der Waals surface area contributed by atoms with Gasteiger partial charge in [0.1, 0.15) is 36.4 Å². The van der Waals surface area contributed by atoms with Gasteiger partial charge in [0.05, 0.1) is 0 Å². The van der Waals surface area contributed by atoms with E-state index in [0.29, 0.717) is 0 Å². The molecular formula is C18H23N3O6S.